The molecule has 5 heteroatoms. The SMILES string of the molecule is Cc1ccccc1-c1ccccc1S(N)(=O)=O.N. The highest BCUT2D eigenvalue weighted by Crippen LogP contribution is 2.28. The minimum Gasteiger partial charge on any atom is -0.344 e. The lowest BCUT2D eigenvalue weighted by Crippen LogP contribution is -2.13. The van der Waals surface area contributed by atoms with Gasteiger partial charge in [0.05, 0.1) is 4.90 Å². The third-order valence-electron chi connectivity index (χ3n) is 2.63. The van der Waals surface area contributed by atoms with Crippen LogP contribution in [0.15, 0.2) is 53.4 Å². The van der Waals surface area contributed by atoms with Crippen molar-refractivity contribution in [3.8, 4) is 11.1 Å². The summed E-state index contributed by atoms with van der Waals surface area (Å²) in [7, 11) is -3.70. The molecule has 0 fully saturated rings. The highest BCUT2D eigenvalue weighted by Gasteiger charge is 2.15. The Kier molecular flexibility index (Phi) is 4.24. The molecule has 0 unspecified atom stereocenters. The Labute approximate surface area is 107 Å². The van der Waals surface area contributed by atoms with Crippen molar-refractivity contribution in [3.63, 3.8) is 0 Å². The summed E-state index contributed by atoms with van der Waals surface area (Å²) in [6, 6.07) is 14.4. The quantitative estimate of drug-likeness (QED) is 0.872. The van der Waals surface area contributed by atoms with Gasteiger partial charge in [-0.25, -0.2) is 13.6 Å². The van der Waals surface area contributed by atoms with E-state index in [-0.39, 0.29) is 11.0 Å². The van der Waals surface area contributed by atoms with E-state index in [0.717, 1.165) is 11.1 Å². The van der Waals surface area contributed by atoms with Crippen molar-refractivity contribution in [1.82, 2.24) is 6.15 Å². The van der Waals surface area contributed by atoms with E-state index in [1.807, 2.05) is 31.2 Å². The second kappa shape index (κ2) is 5.30. The largest absolute Gasteiger partial charge is 0.344 e. The van der Waals surface area contributed by atoms with Crippen LogP contribution < -0.4 is 11.3 Å². The van der Waals surface area contributed by atoms with E-state index in [9.17, 15) is 8.42 Å². The average molecular weight is 264 g/mol. The zero-order valence-electron chi connectivity index (χ0n) is 10.1. The summed E-state index contributed by atoms with van der Waals surface area (Å²) in [6.45, 7) is 1.94. The molecule has 2 aromatic rings. The number of aryl methyl sites for hydroxylation is 1. The van der Waals surface area contributed by atoms with Gasteiger partial charge in [0.1, 0.15) is 0 Å². The van der Waals surface area contributed by atoms with Crippen molar-refractivity contribution in [1.29, 1.82) is 0 Å². The van der Waals surface area contributed by atoms with Gasteiger partial charge >= 0.3 is 0 Å². The third kappa shape index (κ3) is 2.76. The molecule has 0 radical (unpaired) electrons. The van der Waals surface area contributed by atoms with Crippen LogP contribution in [0.2, 0.25) is 0 Å². The van der Waals surface area contributed by atoms with Crippen LogP contribution >= 0.6 is 0 Å². The number of nitrogens with two attached hydrogens (primary N) is 1. The molecule has 0 saturated heterocycles. The molecule has 0 aliphatic rings. The lowest BCUT2D eigenvalue weighted by atomic mass is 10.0. The van der Waals surface area contributed by atoms with Crippen LogP contribution in [0.5, 0.6) is 0 Å². The predicted molar refractivity (Wildman–Crippen MR) is 73.0 cm³/mol. The van der Waals surface area contributed by atoms with Crippen LogP contribution in [0.25, 0.3) is 11.1 Å². The Morgan fingerprint density at radius 1 is 0.889 bits per heavy atom. The molecule has 5 N–H and O–H groups in total. The molecule has 4 nitrogen and oxygen atoms in total. The van der Waals surface area contributed by atoms with Crippen LogP contribution in [-0.4, -0.2) is 8.42 Å². The lowest BCUT2D eigenvalue weighted by molar-refractivity contribution is 0.598. The van der Waals surface area contributed by atoms with Gasteiger partial charge in [-0.2, -0.15) is 0 Å². The Bertz CT molecular complexity index is 652. The molecule has 0 spiro atoms. The molecule has 2 rings (SSSR count). The van der Waals surface area contributed by atoms with E-state index in [2.05, 4.69) is 0 Å². The van der Waals surface area contributed by atoms with Gasteiger partial charge in [-0.05, 0) is 24.1 Å². The fourth-order valence-corrected chi connectivity index (χ4v) is 2.57. The summed E-state index contributed by atoms with van der Waals surface area (Å²) in [5.74, 6) is 0. The van der Waals surface area contributed by atoms with Crippen LogP contribution in [0.1, 0.15) is 5.56 Å². The first-order valence-corrected chi connectivity index (χ1v) is 6.72. The molecule has 0 amide bonds. The van der Waals surface area contributed by atoms with Crippen molar-refractivity contribution in [2.75, 3.05) is 0 Å². The summed E-state index contributed by atoms with van der Waals surface area (Å²) in [6.07, 6.45) is 0. The zero-order chi connectivity index (χ0) is 12.5. The monoisotopic (exact) mass is 264 g/mol. The maximum Gasteiger partial charge on any atom is 0.238 e. The summed E-state index contributed by atoms with van der Waals surface area (Å²) >= 11 is 0. The average Bonchev–Trinajstić information content (AvgIpc) is 2.28. The minimum absolute atomic E-state index is 0. The van der Waals surface area contributed by atoms with E-state index >= 15 is 0 Å². The summed E-state index contributed by atoms with van der Waals surface area (Å²) < 4.78 is 23.0. The van der Waals surface area contributed by atoms with Crippen molar-refractivity contribution >= 4 is 10.0 Å². The zero-order valence-corrected chi connectivity index (χ0v) is 10.9. The van der Waals surface area contributed by atoms with E-state index in [1.54, 1.807) is 18.2 Å². The van der Waals surface area contributed by atoms with Crippen LogP contribution in [0.3, 0.4) is 0 Å². The number of hydrogen-bond donors (Lipinski definition) is 2. The molecular weight excluding hydrogens is 248 g/mol. The molecule has 0 aromatic heterocycles. The van der Waals surface area contributed by atoms with Crippen molar-refractivity contribution < 1.29 is 8.42 Å². The Morgan fingerprint density at radius 2 is 1.39 bits per heavy atom. The number of rotatable bonds is 2. The Hall–Kier alpha value is -1.69. The van der Waals surface area contributed by atoms with Gasteiger partial charge in [0.2, 0.25) is 10.0 Å². The van der Waals surface area contributed by atoms with Gasteiger partial charge in [-0.15, -0.1) is 0 Å². The van der Waals surface area contributed by atoms with E-state index < -0.39 is 10.0 Å². The third-order valence-corrected chi connectivity index (χ3v) is 3.60. The van der Waals surface area contributed by atoms with Crippen LogP contribution in [0, 0.1) is 6.92 Å². The highest BCUT2D eigenvalue weighted by molar-refractivity contribution is 7.89. The van der Waals surface area contributed by atoms with Gasteiger partial charge < -0.3 is 6.15 Å². The minimum atomic E-state index is -3.70. The molecule has 18 heavy (non-hydrogen) atoms. The van der Waals surface area contributed by atoms with Gasteiger partial charge in [-0.3, -0.25) is 0 Å². The Morgan fingerprint density at radius 3 is 1.94 bits per heavy atom. The van der Waals surface area contributed by atoms with Crippen LogP contribution in [-0.2, 0) is 10.0 Å². The summed E-state index contributed by atoms with van der Waals surface area (Å²) in [5, 5.41) is 5.22. The molecule has 0 bridgehead atoms. The van der Waals surface area contributed by atoms with Crippen molar-refractivity contribution in [3.05, 3.63) is 54.1 Å². The molecule has 0 heterocycles. The number of benzene rings is 2. The molecule has 0 saturated carbocycles. The van der Waals surface area contributed by atoms with Gasteiger partial charge in [0.25, 0.3) is 0 Å². The van der Waals surface area contributed by atoms with E-state index in [4.69, 9.17) is 5.14 Å². The topological polar surface area (TPSA) is 95.2 Å². The number of sulfonamides is 1. The first-order chi connectivity index (χ1) is 8.00. The predicted octanol–water partition coefficient (Wildman–Crippen LogP) is 2.47. The molecular formula is C13H16N2O2S. The second-order valence-electron chi connectivity index (χ2n) is 3.86. The van der Waals surface area contributed by atoms with Crippen molar-refractivity contribution in [2.45, 2.75) is 11.8 Å². The van der Waals surface area contributed by atoms with Crippen molar-refractivity contribution in [2.24, 2.45) is 5.14 Å². The number of hydrogen-bond acceptors (Lipinski definition) is 3. The van der Waals surface area contributed by atoms with Gasteiger partial charge in [0, 0.05) is 5.56 Å². The highest BCUT2D eigenvalue weighted by atomic mass is 32.2. The van der Waals surface area contributed by atoms with E-state index in [1.165, 1.54) is 6.07 Å². The molecule has 0 aliphatic heterocycles. The maximum atomic E-state index is 11.5. The molecule has 2 aromatic carbocycles. The summed E-state index contributed by atoms with van der Waals surface area (Å²) in [5.41, 5.74) is 2.55. The van der Waals surface area contributed by atoms with Gasteiger partial charge in [0.15, 0.2) is 0 Å². The smallest absolute Gasteiger partial charge is 0.238 e. The molecule has 0 atom stereocenters. The van der Waals surface area contributed by atoms with Gasteiger partial charge in [-0.1, -0.05) is 42.5 Å². The fourth-order valence-electron chi connectivity index (χ4n) is 1.81. The summed E-state index contributed by atoms with van der Waals surface area (Å²) in [4.78, 5) is 0.161. The fraction of sp³-hybridized carbons (Fsp3) is 0.0769. The molecule has 0 aliphatic carbocycles. The standard InChI is InChI=1S/C13H13NO2S.H3N/c1-10-6-2-3-7-11(10)12-8-4-5-9-13(12)17(14,15)16;/h2-9H,1H3,(H2,14,15,16);1H3. The normalized spacial score (nSPS) is 10.8. The Balaban J connectivity index is 0.00000162. The van der Waals surface area contributed by atoms with Crippen LogP contribution in [0.4, 0.5) is 0 Å². The first-order valence-electron chi connectivity index (χ1n) is 5.18. The number of primary sulfonamides is 1. The maximum absolute atomic E-state index is 11.5. The lowest BCUT2D eigenvalue weighted by Gasteiger charge is -2.10. The second-order valence-corrected chi connectivity index (χ2v) is 5.39. The molecule has 96 valence electrons. The van der Waals surface area contributed by atoms with E-state index in [0.29, 0.717) is 5.56 Å². The first kappa shape index (κ1) is 14.4.